The molecule has 0 bridgehead atoms. The van der Waals surface area contributed by atoms with Crippen molar-refractivity contribution in [3.8, 4) is 0 Å². The van der Waals surface area contributed by atoms with Crippen LogP contribution in [0.15, 0.2) is 0 Å². The summed E-state index contributed by atoms with van der Waals surface area (Å²) in [6, 6.07) is 0. The molecule has 17 nitrogen and oxygen atoms in total. The first-order chi connectivity index (χ1) is 27.3. The molecule has 0 saturated heterocycles. The Morgan fingerprint density at radius 3 is 0.545 bits per heavy atom. The van der Waals surface area contributed by atoms with E-state index < -0.39 is 0 Å². The van der Waals surface area contributed by atoms with Crippen molar-refractivity contribution >= 4 is 6.29 Å². The Labute approximate surface area is 330 Å². The first-order valence-corrected chi connectivity index (χ1v) is 19.9. The van der Waals surface area contributed by atoms with Crippen molar-refractivity contribution in [1.82, 2.24) is 0 Å². The van der Waals surface area contributed by atoms with Crippen LogP contribution in [0, 0.1) is 5.92 Å². The van der Waals surface area contributed by atoms with Crippen molar-refractivity contribution in [3.63, 3.8) is 0 Å². The molecule has 0 saturated carbocycles. The fourth-order valence-corrected chi connectivity index (χ4v) is 3.85. The van der Waals surface area contributed by atoms with Gasteiger partial charge in [0.2, 0.25) is 0 Å². The average Bonchev–Trinajstić information content (AvgIpc) is 3.18. The molecule has 55 heavy (non-hydrogen) atoms. The fraction of sp³-hybridized carbons (Fsp3) is 0.974. The Hall–Kier alpha value is -0.970. The van der Waals surface area contributed by atoms with Crippen molar-refractivity contribution in [2.45, 2.75) is 26.7 Å². The molecule has 0 atom stereocenters. The molecule has 0 aliphatic carbocycles. The maximum Gasteiger partial charge on any atom is 0.122 e. The summed E-state index contributed by atoms with van der Waals surface area (Å²) < 4.78 is 87.3. The van der Waals surface area contributed by atoms with Gasteiger partial charge in [0.25, 0.3) is 0 Å². The van der Waals surface area contributed by atoms with Gasteiger partial charge in [0.1, 0.15) is 6.29 Å². The van der Waals surface area contributed by atoms with Gasteiger partial charge in [0.05, 0.1) is 205 Å². The van der Waals surface area contributed by atoms with E-state index in [1.165, 1.54) is 0 Å². The molecule has 0 rings (SSSR count). The highest BCUT2D eigenvalue weighted by Gasteiger charge is 1.98. The number of rotatable bonds is 51. The summed E-state index contributed by atoms with van der Waals surface area (Å²) in [6.45, 7) is 20.9. The highest BCUT2D eigenvalue weighted by Crippen LogP contribution is 1.98. The van der Waals surface area contributed by atoms with E-state index in [9.17, 15) is 4.79 Å². The molecule has 0 aliphatic rings. The maximum atomic E-state index is 10.2. The van der Waals surface area contributed by atoms with Crippen molar-refractivity contribution < 1.29 is 80.6 Å². The van der Waals surface area contributed by atoms with Gasteiger partial charge in [0, 0.05) is 13.0 Å². The summed E-state index contributed by atoms with van der Waals surface area (Å²) in [5, 5.41) is 0. The lowest BCUT2D eigenvalue weighted by molar-refractivity contribution is -0.109. The minimum Gasteiger partial charge on any atom is -0.379 e. The molecule has 0 fully saturated rings. The van der Waals surface area contributed by atoms with E-state index in [1.54, 1.807) is 0 Å². The number of aldehydes is 1. The highest BCUT2D eigenvalue weighted by molar-refractivity contribution is 5.49. The van der Waals surface area contributed by atoms with Crippen molar-refractivity contribution in [2.75, 3.05) is 211 Å². The van der Waals surface area contributed by atoms with Crippen LogP contribution in [0.25, 0.3) is 0 Å². The van der Waals surface area contributed by atoms with Crippen molar-refractivity contribution in [2.24, 2.45) is 5.92 Å². The molecule has 0 heterocycles. The third kappa shape index (κ3) is 53.0. The zero-order valence-corrected chi connectivity index (χ0v) is 34.1. The Kier molecular flexibility index (Phi) is 50.1. The third-order valence-corrected chi connectivity index (χ3v) is 6.80. The van der Waals surface area contributed by atoms with E-state index in [-0.39, 0.29) is 0 Å². The molecule has 0 radical (unpaired) electrons. The van der Waals surface area contributed by atoms with Crippen LogP contribution in [-0.4, -0.2) is 218 Å². The molecule has 0 aliphatic heterocycles. The third-order valence-electron chi connectivity index (χ3n) is 6.80. The average molecular weight is 805 g/mol. The summed E-state index contributed by atoms with van der Waals surface area (Å²) in [7, 11) is 0. The van der Waals surface area contributed by atoms with Gasteiger partial charge in [-0.3, -0.25) is 0 Å². The smallest absolute Gasteiger partial charge is 0.122 e. The van der Waals surface area contributed by atoms with Crippen LogP contribution in [-0.2, 0) is 80.6 Å². The molecule has 330 valence electrons. The standard InChI is InChI=1S/C38H76O17/c1-38(2)4-7-41-9-11-43-13-15-45-17-19-47-21-23-49-25-27-51-29-31-53-33-35-55-37-36-54-34-32-52-30-28-50-26-24-48-22-20-46-18-16-44-14-12-42-10-8-40-6-3-5-39/h5,38H,3-4,6-37H2,1-2H3. The van der Waals surface area contributed by atoms with E-state index in [0.29, 0.717) is 217 Å². The molecule has 0 aromatic heterocycles. The maximum absolute atomic E-state index is 10.2. The second-order valence-corrected chi connectivity index (χ2v) is 11.9. The number of ether oxygens (including phenoxy) is 16. The molecule has 0 spiro atoms. The Morgan fingerprint density at radius 1 is 0.255 bits per heavy atom. The zero-order valence-electron chi connectivity index (χ0n) is 34.1. The normalized spacial score (nSPS) is 11.7. The van der Waals surface area contributed by atoms with E-state index in [1.807, 2.05) is 0 Å². The number of hydrogen-bond acceptors (Lipinski definition) is 17. The molecule has 0 unspecified atom stereocenters. The summed E-state index contributed by atoms with van der Waals surface area (Å²) >= 11 is 0. The summed E-state index contributed by atoms with van der Waals surface area (Å²) in [4.78, 5) is 10.2. The monoisotopic (exact) mass is 805 g/mol. The lowest BCUT2D eigenvalue weighted by Gasteiger charge is -2.09. The van der Waals surface area contributed by atoms with E-state index in [2.05, 4.69) is 13.8 Å². The Bertz CT molecular complexity index is 695. The minimum absolute atomic E-state index is 0.412. The van der Waals surface area contributed by atoms with Crippen LogP contribution in [0.4, 0.5) is 0 Å². The van der Waals surface area contributed by atoms with Gasteiger partial charge in [-0.05, 0) is 12.3 Å². The lowest BCUT2D eigenvalue weighted by Crippen LogP contribution is -2.16. The quantitative estimate of drug-likeness (QED) is 0.0646. The zero-order chi connectivity index (χ0) is 39.6. The Balaban J connectivity index is 3.06. The second-order valence-electron chi connectivity index (χ2n) is 11.9. The highest BCUT2D eigenvalue weighted by atomic mass is 16.6. The summed E-state index contributed by atoms with van der Waals surface area (Å²) in [5.41, 5.74) is 0. The molecule has 17 heteroatoms. The number of hydrogen-bond donors (Lipinski definition) is 0. The first kappa shape index (κ1) is 54.0. The van der Waals surface area contributed by atoms with Crippen LogP contribution in [0.2, 0.25) is 0 Å². The topological polar surface area (TPSA) is 165 Å². The summed E-state index contributed by atoms with van der Waals surface area (Å²) in [5.74, 6) is 0.663. The van der Waals surface area contributed by atoms with Gasteiger partial charge in [-0.15, -0.1) is 0 Å². The van der Waals surface area contributed by atoms with Crippen LogP contribution < -0.4 is 0 Å². The van der Waals surface area contributed by atoms with Gasteiger partial charge in [-0.25, -0.2) is 0 Å². The molecule has 0 amide bonds. The second kappa shape index (κ2) is 51.0. The van der Waals surface area contributed by atoms with Crippen LogP contribution in [0.5, 0.6) is 0 Å². The molecular weight excluding hydrogens is 728 g/mol. The molecular formula is C38H76O17. The largest absolute Gasteiger partial charge is 0.379 e. The number of carbonyl (C=O) groups is 1. The molecule has 0 aromatic rings. The van der Waals surface area contributed by atoms with Crippen LogP contribution >= 0.6 is 0 Å². The first-order valence-electron chi connectivity index (χ1n) is 19.9. The number of carbonyl (C=O) groups excluding carboxylic acids is 1. The SMILES string of the molecule is CC(C)CCOCCOCCOCCOCCOCCOCCOCCOCCOCCOCCOCCOCCOCCOCCOCCOCCC=O. The van der Waals surface area contributed by atoms with Gasteiger partial charge >= 0.3 is 0 Å². The lowest BCUT2D eigenvalue weighted by atomic mass is 10.1. The molecule has 0 N–H and O–H groups in total. The van der Waals surface area contributed by atoms with Crippen molar-refractivity contribution in [1.29, 1.82) is 0 Å². The predicted molar refractivity (Wildman–Crippen MR) is 203 cm³/mol. The van der Waals surface area contributed by atoms with Crippen molar-refractivity contribution in [3.05, 3.63) is 0 Å². The van der Waals surface area contributed by atoms with E-state index >= 15 is 0 Å². The minimum atomic E-state index is 0.412. The van der Waals surface area contributed by atoms with Gasteiger partial charge in [0.15, 0.2) is 0 Å². The van der Waals surface area contributed by atoms with E-state index in [0.717, 1.165) is 19.3 Å². The fourth-order valence-electron chi connectivity index (χ4n) is 3.85. The van der Waals surface area contributed by atoms with Gasteiger partial charge < -0.3 is 80.6 Å². The van der Waals surface area contributed by atoms with Gasteiger partial charge in [-0.2, -0.15) is 0 Å². The van der Waals surface area contributed by atoms with Gasteiger partial charge in [-0.1, -0.05) is 13.8 Å². The Morgan fingerprint density at radius 2 is 0.400 bits per heavy atom. The van der Waals surface area contributed by atoms with E-state index in [4.69, 9.17) is 75.8 Å². The predicted octanol–water partition coefficient (Wildman–Crippen LogP) is 1.89. The van der Waals surface area contributed by atoms with Crippen LogP contribution in [0.3, 0.4) is 0 Å². The molecule has 0 aromatic carbocycles. The summed E-state index contributed by atoms with van der Waals surface area (Å²) in [6.07, 6.45) is 2.32. The van der Waals surface area contributed by atoms with Crippen LogP contribution in [0.1, 0.15) is 26.7 Å².